The molecule has 4 aromatic carbocycles. The number of hydrogen-bond acceptors (Lipinski definition) is 3. The highest BCUT2D eigenvalue weighted by Gasteiger charge is 2.32. The Morgan fingerprint density at radius 1 is 0.812 bits per heavy atom. The van der Waals surface area contributed by atoms with Crippen molar-refractivity contribution >= 4 is 32.6 Å². The Labute approximate surface area is 188 Å². The van der Waals surface area contributed by atoms with Gasteiger partial charge in [0.15, 0.2) is 0 Å². The second kappa shape index (κ2) is 8.09. The second-order valence-electron chi connectivity index (χ2n) is 7.85. The lowest BCUT2D eigenvalue weighted by molar-refractivity contribution is 0.473. The molecule has 0 N–H and O–H groups in total. The van der Waals surface area contributed by atoms with Crippen molar-refractivity contribution in [1.82, 2.24) is 4.41 Å². The van der Waals surface area contributed by atoms with Crippen LogP contribution in [0.25, 0.3) is 16.8 Å². The molecule has 1 aliphatic rings. The van der Waals surface area contributed by atoms with E-state index in [9.17, 15) is 8.42 Å². The number of hydrazone groups is 1. The number of benzene rings is 4. The van der Waals surface area contributed by atoms with Gasteiger partial charge in [0.25, 0.3) is 10.0 Å². The van der Waals surface area contributed by atoms with E-state index < -0.39 is 10.0 Å². The van der Waals surface area contributed by atoms with Crippen molar-refractivity contribution in [3.8, 4) is 0 Å². The van der Waals surface area contributed by atoms with Crippen LogP contribution in [0.1, 0.15) is 16.7 Å². The fourth-order valence-corrected chi connectivity index (χ4v) is 5.15. The van der Waals surface area contributed by atoms with E-state index in [1.807, 2.05) is 73.7 Å². The highest BCUT2D eigenvalue weighted by molar-refractivity contribution is 7.89. The van der Waals surface area contributed by atoms with Crippen LogP contribution in [0.15, 0.2) is 113 Å². The quantitative estimate of drug-likeness (QED) is 0.414. The molecular formula is C27H22N2O2S. The number of hydrogen-bond donors (Lipinski definition) is 0. The van der Waals surface area contributed by atoms with Gasteiger partial charge in [-0.1, -0.05) is 90.5 Å². The average Bonchev–Trinajstić information content (AvgIpc) is 3.24. The molecule has 4 nitrogen and oxygen atoms in total. The summed E-state index contributed by atoms with van der Waals surface area (Å²) in [6.07, 6.45) is 2.02. The topological polar surface area (TPSA) is 49.7 Å². The first kappa shape index (κ1) is 20.2. The van der Waals surface area contributed by atoms with Gasteiger partial charge in [0.1, 0.15) is 0 Å². The van der Waals surface area contributed by atoms with E-state index in [1.54, 1.807) is 24.3 Å². The van der Waals surface area contributed by atoms with Crippen LogP contribution in [0.5, 0.6) is 0 Å². The Kier molecular flexibility index (Phi) is 5.11. The molecule has 4 aromatic rings. The van der Waals surface area contributed by atoms with Gasteiger partial charge in [-0.2, -0.15) is 17.9 Å². The molecule has 158 valence electrons. The van der Waals surface area contributed by atoms with Crippen molar-refractivity contribution in [2.45, 2.75) is 11.8 Å². The van der Waals surface area contributed by atoms with Gasteiger partial charge in [0, 0.05) is 11.1 Å². The molecule has 0 amide bonds. The number of rotatable bonds is 4. The van der Waals surface area contributed by atoms with Crippen molar-refractivity contribution in [3.05, 3.63) is 119 Å². The van der Waals surface area contributed by atoms with E-state index in [1.165, 1.54) is 4.41 Å². The first-order valence-corrected chi connectivity index (χ1v) is 11.9. The lowest BCUT2D eigenvalue weighted by Gasteiger charge is -2.14. The van der Waals surface area contributed by atoms with Crippen molar-refractivity contribution in [2.75, 3.05) is 6.54 Å². The van der Waals surface area contributed by atoms with Gasteiger partial charge in [-0.3, -0.25) is 0 Å². The van der Waals surface area contributed by atoms with Crippen molar-refractivity contribution in [1.29, 1.82) is 0 Å². The normalized spacial score (nSPS) is 15.3. The lowest BCUT2D eigenvalue weighted by Crippen LogP contribution is -2.24. The molecule has 0 unspecified atom stereocenters. The summed E-state index contributed by atoms with van der Waals surface area (Å²) in [5.74, 6) is 0. The Hall–Kier alpha value is -3.70. The zero-order valence-electron chi connectivity index (χ0n) is 17.6. The highest BCUT2D eigenvalue weighted by Crippen LogP contribution is 2.30. The van der Waals surface area contributed by atoms with Gasteiger partial charge >= 0.3 is 0 Å². The standard InChI is InChI=1S/C27H22N2O2S/c1-20-14-16-24(17-15-20)32(30,31)29-19-23(18-21-8-3-2-4-9-21)27(28-29)26-13-7-11-22-10-5-6-12-25(22)26/h2-18H,19H2,1H3/b23-18+. The van der Waals surface area contributed by atoms with Gasteiger partial charge in [-0.05, 0) is 41.5 Å². The zero-order chi connectivity index (χ0) is 22.1. The molecule has 0 saturated heterocycles. The molecule has 0 aromatic heterocycles. The molecule has 0 bridgehead atoms. The molecule has 0 saturated carbocycles. The summed E-state index contributed by atoms with van der Waals surface area (Å²) in [5.41, 5.74) is 4.48. The van der Waals surface area contributed by atoms with Gasteiger partial charge in [-0.15, -0.1) is 0 Å². The molecule has 0 spiro atoms. The van der Waals surface area contributed by atoms with E-state index >= 15 is 0 Å². The Bertz CT molecular complexity index is 1450. The van der Waals surface area contributed by atoms with Crippen LogP contribution in [-0.4, -0.2) is 25.1 Å². The highest BCUT2D eigenvalue weighted by atomic mass is 32.2. The number of aryl methyl sites for hydroxylation is 1. The third-order valence-corrected chi connectivity index (χ3v) is 7.24. The Balaban J connectivity index is 1.66. The van der Waals surface area contributed by atoms with Gasteiger partial charge in [0.05, 0.1) is 17.2 Å². The summed E-state index contributed by atoms with van der Waals surface area (Å²) in [6, 6.07) is 30.9. The fourth-order valence-electron chi connectivity index (χ4n) is 3.93. The van der Waals surface area contributed by atoms with E-state index in [2.05, 4.69) is 17.2 Å². The van der Waals surface area contributed by atoms with Crippen LogP contribution >= 0.6 is 0 Å². The second-order valence-corrected chi connectivity index (χ2v) is 9.70. The van der Waals surface area contributed by atoms with Crippen LogP contribution in [-0.2, 0) is 10.0 Å². The third-order valence-electron chi connectivity index (χ3n) is 5.60. The predicted octanol–water partition coefficient (Wildman–Crippen LogP) is 5.64. The average molecular weight is 439 g/mol. The molecule has 5 heteroatoms. The fraction of sp³-hybridized carbons (Fsp3) is 0.0741. The maximum Gasteiger partial charge on any atom is 0.279 e. The van der Waals surface area contributed by atoms with Crippen molar-refractivity contribution in [2.24, 2.45) is 5.10 Å². The minimum Gasteiger partial charge on any atom is -0.200 e. The van der Waals surface area contributed by atoms with Crippen molar-refractivity contribution in [3.63, 3.8) is 0 Å². The monoisotopic (exact) mass is 438 g/mol. The molecule has 1 aliphatic heterocycles. The summed E-state index contributed by atoms with van der Waals surface area (Å²) in [5, 5.41) is 6.78. The number of fused-ring (bicyclic) bond motifs is 1. The summed E-state index contributed by atoms with van der Waals surface area (Å²) in [7, 11) is -3.77. The van der Waals surface area contributed by atoms with E-state index in [0.717, 1.165) is 33.0 Å². The molecule has 0 fully saturated rings. The van der Waals surface area contributed by atoms with E-state index in [-0.39, 0.29) is 11.4 Å². The minimum atomic E-state index is -3.77. The van der Waals surface area contributed by atoms with Crippen molar-refractivity contribution < 1.29 is 8.42 Å². The molecular weight excluding hydrogens is 416 g/mol. The van der Waals surface area contributed by atoms with Crippen LogP contribution in [0.2, 0.25) is 0 Å². The smallest absolute Gasteiger partial charge is 0.200 e. The molecule has 0 atom stereocenters. The predicted molar refractivity (Wildman–Crippen MR) is 130 cm³/mol. The van der Waals surface area contributed by atoms with Gasteiger partial charge < -0.3 is 0 Å². The summed E-state index contributed by atoms with van der Waals surface area (Å²) < 4.78 is 28.0. The third kappa shape index (κ3) is 3.72. The molecule has 0 aliphatic carbocycles. The lowest BCUT2D eigenvalue weighted by atomic mass is 9.96. The summed E-state index contributed by atoms with van der Waals surface area (Å²) in [4.78, 5) is 0.241. The molecule has 0 radical (unpaired) electrons. The molecule has 32 heavy (non-hydrogen) atoms. The van der Waals surface area contributed by atoms with E-state index in [4.69, 9.17) is 0 Å². The number of sulfonamides is 1. The Morgan fingerprint density at radius 3 is 2.28 bits per heavy atom. The minimum absolute atomic E-state index is 0.184. The molecule has 5 rings (SSSR count). The van der Waals surface area contributed by atoms with Crippen LogP contribution in [0.4, 0.5) is 0 Å². The maximum atomic E-state index is 13.4. The first-order valence-electron chi connectivity index (χ1n) is 10.4. The first-order chi connectivity index (χ1) is 15.5. The van der Waals surface area contributed by atoms with Gasteiger partial charge in [0.2, 0.25) is 0 Å². The van der Waals surface area contributed by atoms with Crippen LogP contribution in [0.3, 0.4) is 0 Å². The summed E-state index contributed by atoms with van der Waals surface area (Å²) in [6.45, 7) is 2.12. The van der Waals surface area contributed by atoms with Crippen LogP contribution in [0, 0.1) is 6.92 Å². The van der Waals surface area contributed by atoms with Crippen LogP contribution < -0.4 is 0 Å². The maximum absolute atomic E-state index is 13.4. The Morgan fingerprint density at radius 2 is 1.50 bits per heavy atom. The SMILES string of the molecule is Cc1ccc(S(=O)(=O)N2C/C(=C\c3ccccc3)C(c3cccc4ccccc34)=N2)cc1. The largest absolute Gasteiger partial charge is 0.279 e. The molecule has 1 heterocycles. The van der Waals surface area contributed by atoms with E-state index in [0.29, 0.717) is 5.71 Å². The number of nitrogens with zero attached hydrogens (tertiary/aromatic N) is 2. The zero-order valence-corrected chi connectivity index (χ0v) is 18.5. The van der Waals surface area contributed by atoms with Gasteiger partial charge in [-0.25, -0.2) is 0 Å². The summed E-state index contributed by atoms with van der Waals surface area (Å²) >= 11 is 0.